The Labute approximate surface area is 109 Å². The van der Waals surface area contributed by atoms with Crippen LogP contribution < -0.4 is 11.1 Å². The van der Waals surface area contributed by atoms with Crippen LogP contribution >= 0.6 is 0 Å². The number of nitrogens with one attached hydrogen (secondary N) is 1. The molecular weight excluding hydrogens is 246 g/mol. The topological polar surface area (TPSA) is 68.0 Å². The Hall–Kier alpha value is -1.62. The van der Waals surface area contributed by atoms with Crippen molar-refractivity contribution in [1.29, 1.82) is 0 Å². The number of nitrogens with zero attached hydrogens (tertiary/aromatic N) is 1. The summed E-state index contributed by atoms with van der Waals surface area (Å²) in [4.78, 5) is 4.28. The van der Waals surface area contributed by atoms with Gasteiger partial charge in [-0.15, -0.1) is 0 Å². The second-order valence-corrected chi connectivity index (χ2v) is 6.13. The zero-order valence-corrected chi connectivity index (χ0v) is 11.3. The van der Waals surface area contributed by atoms with E-state index >= 15 is 0 Å². The standard InChI is InChI=1S/C13H17N3OS/c1-9(18(2)17)8-16-12-5-6-15-13-7-10(14)3-4-11(12)13/h3-7,9H,8,14H2,1-2H3,(H,15,16). The van der Waals surface area contributed by atoms with Gasteiger partial charge in [-0.1, -0.05) is 0 Å². The molecule has 0 saturated heterocycles. The molecule has 96 valence electrons. The molecule has 0 aliphatic carbocycles. The first kappa shape index (κ1) is 12.8. The second kappa shape index (κ2) is 5.35. The number of aromatic nitrogens is 1. The number of nitrogen functional groups attached to an aromatic ring is 1. The minimum absolute atomic E-state index is 0.113. The molecule has 2 atom stereocenters. The average Bonchev–Trinajstić information content (AvgIpc) is 2.35. The summed E-state index contributed by atoms with van der Waals surface area (Å²) in [6, 6.07) is 7.58. The van der Waals surface area contributed by atoms with Crippen molar-refractivity contribution in [2.75, 3.05) is 23.9 Å². The number of pyridine rings is 1. The molecule has 1 aromatic carbocycles. The maximum absolute atomic E-state index is 11.3. The van der Waals surface area contributed by atoms with Gasteiger partial charge in [-0.25, -0.2) is 0 Å². The van der Waals surface area contributed by atoms with Gasteiger partial charge in [0.2, 0.25) is 0 Å². The van der Waals surface area contributed by atoms with Crippen LogP contribution in [0.2, 0.25) is 0 Å². The van der Waals surface area contributed by atoms with E-state index in [1.54, 1.807) is 12.5 Å². The van der Waals surface area contributed by atoms with E-state index in [1.165, 1.54) is 0 Å². The summed E-state index contributed by atoms with van der Waals surface area (Å²) in [5.41, 5.74) is 8.30. The normalized spacial score (nSPS) is 14.3. The molecular formula is C13H17N3OS. The Bertz CT molecular complexity index is 585. The number of hydrogen-bond acceptors (Lipinski definition) is 4. The van der Waals surface area contributed by atoms with Gasteiger partial charge in [-0.05, 0) is 31.2 Å². The third-order valence-corrected chi connectivity index (χ3v) is 4.21. The molecule has 0 aliphatic rings. The van der Waals surface area contributed by atoms with Crippen LogP contribution in [0.25, 0.3) is 10.9 Å². The van der Waals surface area contributed by atoms with E-state index in [9.17, 15) is 4.21 Å². The van der Waals surface area contributed by atoms with Crippen molar-refractivity contribution in [3.63, 3.8) is 0 Å². The molecule has 2 unspecified atom stereocenters. The predicted octanol–water partition coefficient (Wildman–Crippen LogP) is 2.00. The van der Waals surface area contributed by atoms with Gasteiger partial charge in [0.05, 0.1) is 5.52 Å². The first-order chi connectivity index (χ1) is 8.58. The van der Waals surface area contributed by atoms with Crippen molar-refractivity contribution in [2.45, 2.75) is 12.2 Å². The van der Waals surface area contributed by atoms with Gasteiger partial charge in [0.1, 0.15) is 0 Å². The van der Waals surface area contributed by atoms with E-state index in [4.69, 9.17) is 5.73 Å². The van der Waals surface area contributed by atoms with Crippen LogP contribution in [0.3, 0.4) is 0 Å². The lowest BCUT2D eigenvalue weighted by atomic mass is 10.1. The summed E-state index contributed by atoms with van der Waals surface area (Å²) >= 11 is 0. The van der Waals surface area contributed by atoms with Gasteiger partial charge in [0.15, 0.2) is 0 Å². The molecule has 1 heterocycles. The SMILES string of the molecule is CC(CNc1ccnc2cc(N)ccc12)S(C)=O. The number of benzene rings is 1. The molecule has 0 bridgehead atoms. The third-order valence-electron chi connectivity index (χ3n) is 2.91. The average molecular weight is 263 g/mol. The Balaban J connectivity index is 2.26. The van der Waals surface area contributed by atoms with E-state index in [0.29, 0.717) is 12.2 Å². The highest BCUT2D eigenvalue weighted by Crippen LogP contribution is 2.23. The lowest BCUT2D eigenvalue weighted by molar-refractivity contribution is 0.679. The molecule has 2 aromatic rings. The summed E-state index contributed by atoms with van der Waals surface area (Å²) in [5.74, 6) is 0. The monoisotopic (exact) mass is 263 g/mol. The molecule has 0 aliphatic heterocycles. The van der Waals surface area contributed by atoms with Crippen molar-refractivity contribution in [2.24, 2.45) is 0 Å². The maximum Gasteiger partial charge on any atom is 0.0743 e. The van der Waals surface area contributed by atoms with Gasteiger partial charge in [-0.3, -0.25) is 9.19 Å². The fraction of sp³-hybridized carbons (Fsp3) is 0.308. The first-order valence-corrected chi connectivity index (χ1v) is 7.40. The molecule has 2 rings (SSSR count). The Morgan fingerprint density at radius 1 is 1.44 bits per heavy atom. The quantitative estimate of drug-likeness (QED) is 0.828. The van der Waals surface area contributed by atoms with Crippen molar-refractivity contribution in [3.05, 3.63) is 30.5 Å². The summed E-state index contributed by atoms with van der Waals surface area (Å²) in [5, 5.41) is 4.46. The minimum atomic E-state index is -0.819. The van der Waals surface area contributed by atoms with E-state index in [-0.39, 0.29) is 5.25 Å². The zero-order valence-electron chi connectivity index (χ0n) is 10.5. The van der Waals surface area contributed by atoms with E-state index in [0.717, 1.165) is 16.6 Å². The largest absolute Gasteiger partial charge is 0.399 e. The van der Waals surface area contributed by atoms with Crippen molar-refractivity contribution < 1.29 is 4.21 Å². The predicted molar refractivity (Wildman–Crippen MR) is 78.2 cm³/mol. The summed E-state index contributed by atoms with van der Waals surface area (Å²) in [6.07, 6.45) is 3.47. The van der Waals surface area contributed by atoms with Crippen LogP contribution in [-0.2, 0) is 10.8 Å². The van der Waals surface area contributed by atoms with Gasteiger partial charge in [-0.2, -0.15) is 0 Å². The molecule has 0 radical (unpaired) electrons. The van der Waals surface area contributed by atoms with E-state index < -0.39 is 10.8 Å². The molecule has 18 heavy (non-hydrogen) atoms. The van der Waals surface area contributed by atoms with Gasteiger partial charge in [0, 0.05) is 51.8 Å². The minimum Gasteiger partial charge on any atom is -0.399 e. The Kier molecular flexibility index (Phi) is 3.81. The highest BCUT2D eigenvalue weighted by molar-refractivity contribution is 7.84. The van der Waals surface area contributed by atoms with Crippen molar-refractivity contribution in [3.8, 4) is 0 Å². The molecule has 0 amide bonds. The lowest BCUT2D eigenvalue weighted by Gasteiger charge is -2.13. The van der Waals surface area contributed by atoms with Crippen LogP contribution in [-0.4, -0.2) is 27.2 Å². The van der Waals surface area contributed by atoms with Gasteiger partial charge in [0.25, 0.3) is 0 Å². The van der Waals surface area contributed by atoms with Gasteiger partial charge >= 0.3 is 0 Å². The molecule has 0 fully saturated rings. The van der Waals surface area contributed by atoms with E-state index in [1.807, 2.05) is 31.2 Å². The number of nitrogens with two attached hydrogens (primary N) is 1. The van der Waals surface area contributed by atoms with E-state index in [2.05, 4.69) is 10.3 Å². The van der Waals surface area contributed by atoms with Gasteiger partial charge < -0.3 is 11.1 Å². The lowest BCUT2D eigenvalue weighted by Crippen LogP contribution is -2.20. The highest BCUT2D eigenvalue weighted by Gasteiger charge is 2.07. The third kappa shape index (κ3) is 2.79. The summed E-state index contributed by atoms with van der Waals surface area (Å²) in [7, 11) is -0.819. The van der Waals surface area contributed by atoms with Crippen LogP contribution in [0.1, 0.15) is 6.92 Å². The molecule has 1 aromatic heterocycles. The molecule has 4 nitrogen and oxygen atoms in total. The van der Waals surface area contributed by atoms with Crippen LogP contribution in [0, 0.1) is 0 Å². The second-order valence-electron chi connectivity index (χ2n) is 4.33. The molecule has 5 heteroatoms. The molecule has 0 spiro atoms. The Morgan fingerprint density at radius 2 is 2.22 bits per heavy atom. The van der Waals surface area contributed by atoms with Crippen molar-refractivity contribution in [1.82, 2.24) is 4.98 Å². The first-order valence-electron chi connectivity index (χ1n) is 5.78. The number of fused-ring (bicyclic) bond motifs is 1. The fourth-order valence-electron chi connectivity index (χ4n) is 1.69. The molecule has 0 saturated carbocycles. The maximum atomic E-state index is 11.3. The number of rotatable bonds is 4. The number of anilines is 2. The summed E-state index contributed by atoms with van der Waals surface area (Å²) < 4.78 is 11.3. The van der Waals surface area contributed by atoms with Crippen LogP contribution in [0.4, 0.5) is 11.4 Å². The number of hydrogen-bond donors (Lipinski definition) is 2. The fourth-order valence-corrected chi connectivity index (χ4v) is 2.01. The molecule has 3 N–H and O–H groups in total. The summed E-state index contributed by atoms with van der Waals surface area (Å²) in [6.45, 7) is 2.64. The van der Waals surface area contributed by atoms with Crippen LogP contribution in [0.15, 0.2) is 30.5 Å². The van der Waals surface area contributed by atoms with Crippen LogP contribution in [0.5, 0.6) is 0 Å². The van der Waals surface area contributed by atoms with Crippen molar-refractivity contribution >= 4 is 33.1 Å². The smallest absolute Gasteiger partial charge is 0.0743 e. The Morgan fingerprint density at radius 3 is 2.94 bits per heavy atom. The zero-order chi connectivity index (χ0) is 13.1. The highest BCUT2D eigenvalue weighted by atomic mass is 32.2.